The van der Waals surface area contributed by atoms with Gasteiger partial charge in [0.25, 0.3) is 0 Å². The Hall–Kier alpha value is -1.30. The summed E-state index contributed by atoms with van der Waals surface area (Å²) in [7, 11) is 0. The number of aromatic carboxylic acids is 1. The molecule has 3 nitrogen and oxygen atoms in total. The molecule has 4 heteroatoms. The number of benzene rings is 2. The van der Waals surface area contributed by atoms with E-state index in [1.807, 2.05) is 0 Å². The topological polar surface area (TPSA) is 54.4 Å². The fraction of sp³-hybridized carbons (Fsp3) is 0.744. The summed E-state index contributed by atoms with van der Waals surface area (Å²) >= 11 is -1.61. The van der Waals surface area contributed by atoms with Crippen molar-refractivity contribution in [1.82, 2.24) is 0 Å². The second kappa shape index (κ2) is 26.6. The van der Waals surface area contributed by atoms with Gasteiger partial charge in [-0.1, -0.05) is 168 Å². The lowest BCUT2D eigenvalue weighted by molar-refractivity contribution is 0.0697. The molecule has 0 saturated carbocycles. The van der Waals surface area contributed by atoms with Crippen molar-refractivity contribution in [2.45, 2.75) is 207 Å². The normalized spacial score (nSPS) is 11.6. The van der Waals surface area contributed by atoms with Gasteiger partial charge in [-0.05, 0) is 84.4 Å². The summed E-state index contributed by atoms with van der Waals surface area (Å²) in [6.45, 7) is 9.08. The van der Waals surface area contributed by atoms with E-state index in [1.54, 1.807) is 0 Å². The maximum absolute atomic E-state index is 13.0. The van der Waals surface area contributed by atoms with Crippen LogP contribution in [0.5, 0.6) is 0 Å². The highest BCUT2D eigenvalue weighted by Gasteiger charge is 2.26. The predicted octanol–water partition coefficient (Wildman–Crippen LogP) is 14.6. The van der Waals surface area contributed by atoms with Crippen molar-refractivity contribution in [3.63, 3.8) is 0 Å². The molecule has 0 spiro atoms. The van der Waals surface area contributed by atoms with Gasteiger partial charge in [0.05, 0.1) is 9.13 Å². The molecule has 268 valence electrons. The molecule has 0 bridgehead atoms. The van der Waals surface area contributed by atoms with Gasteiger partial charge in [0.2, 0.25) is 0 Å². The molecule has 2 aromatic rings. The molecule has 0 heterocycles. The lowest BCUT2D eigenvalue weighted by Gasteiger charge is -2.23. The first-order valence-corrected chi connectivity index (χ1v) is 22.1. The van der Waals surface area contributed by atoms with E-state index in [9.17, 15) is 13.0 Å². The summed E-state index contributed by atoms with van der Waals surface area (Å²) in [6, 6.07) is 4.36. The number of halogens is 1. The molecule has 0 saturated heterocycles. The minimum atomic E-state index is -1.61. The third kappa shape index (κ3) is 15.0. The van der Waals surface area contributed by atoms with E-state index >= 15 is 0 Å². The molecule has 2 rings (SSSR count). The van der Waals surface area contributed by atoms with E-state index in [0.29, 0.717) is 9.13 Å². The molecule has 0 aliphatic rings. The van der Waals surface area contributed by atoms with Gasteiger partial charge in [-0.15, -0.1) is 0 Å². The number of hydrogen-bond acceptors (Lipinski definition) is 2. The zero-order valence-electron chi connectivity index (χ0n) is 31.1. The monoisotopic (exact) mass is 762 g/mol. The van der Waals surface area contributed by atoms with Crippen LogP contribution >= 0.6 is 21.2 Å². The van der Waals surface area contributed by atoms with E-state index < -0.39 is 27.2 Å². The Bertz CT molecular complexity index is 1150. The predicted molar refractivity (Wildman–Crippen MR) is 213 cm³/mol. The summed E-state index contributed by atoms with van der Waals surface area (Å²) in [5, 5.41) is 12.8. The summed E-state index contributed by atoms with van der Waals surface area (Å²) < 4.78 is 13.7. The van der Waals surface area contributed by atoms with Crippen molar-refractivity contribution in [2.75, 3.05) is 0 Å². The third-order valence-corrected chi connectivity index (χ3v) is 11.9. The Balaban J connectivity index is 2.63. The number of hydrogen-bond donors (Lipinski definition) is 1. The number of unbranched alkanes of at least 4 members (excludes halogenated alkanes) is 20. The summed E-state index contributed by atoms with van der Waals surface area (Å²) in [6.07, 6.45) is 33.9. The molecule has 0 amide bonds. The maximum Gasteiger partial charge on any atom is 0.337 e. The van der Waals surface area contributed by atoms with Gasteiger partial charge in [-0.25, -0.2) is 4.79 Å². The van der Waals surface area contributed by atoms with Crippen LogP contribution in [0.25, 0.3) is 10.8 Å². The van der Waals surface area contributed by atoms with Crippen molar-refractivity contribution in [3.05, 3.63) is 43.5 Å². The molecular weight excluding hydrogens is 691 g/mol. The molecule has 0 aliphatic heterocycles. The molecule has 2 aromatic carbocycles. The van der Waals surface area contributed by atoms with Crippen molar-refractivity contribution in [3.8, 4) is 0 Å². The number of fused-ring (bicyclic) bond motifs is 1. The van der Waals surface area contributed by atoms with Crippen LogP contribution in [0.4, 0.5) is 0 Å². The minimum absolute atomic E-state index is 0.353. The largest absolute Gasteiger partial charge is 0.478 e. The first-order valence-electron chi connectivity index (χ1n) is 20.2. The average molecular weight is 763 g/mol. The molecule has 47 heavy (non-hydrogen) atoms. The smallest absolute Gasteiger partial charge is 0.337 e. The van der Waals surface area contributed by atoms with Crippen LogP contribution in [0.2, 0.25) is 0 Å². The van der Waals surface area contributed by atoms with Crippen LogP contribution in [0.3, 0.4) is 0 Å². The zero-order valence-corrected chi connectivity index (χ0v) is 33.3. The molecule has 0 unspecified atom stereocenters. The second-order valence-electron chi connectivity index (χ2n) is 14.2. The highest BCUT2D eigenvalue weighted by molar-refractivity contribution is 14.1. The van der Waals surface area contributed by atoms with Gasteiger partial charge < -0.3 is 5.11 Å². The van der Waals surface area contributed by atoms with Gasteiger partial charge in [-0.2, -0.15) is 0 Å². The van der Waals surface area contributed by atoms with E-state index in [4.69, 9.17) is 0 Å². The van der Waals surface area contributed by atoms with Crippen LogP contribution in [-0.2, 0) is 28.8 Å². The highest BCUT2D eigenvalue weighted by Crippen LogP contribution is 2.39. The fourth-order valence-electron chi connectivity index (χ4n) is 7.49. The zero-order chi connectivity index (χ0) is 34.1. The van der Waals surface area contributed by atoms with Gasteiger partial charge in [0, 0.05) is 0 Å². The van der Waals surface area contributed by atoms with E-state index in [2.05, 4.69) is 39.8 Å². The number of aryl methyl sites for hydroxylation is 3. The average Bonchev–Trinajstić information content (AvgIpc) is 3.07. The minimum Gasteiger partial charge on any atom is -0.478 e. The van der Waals surface area contributed by atoms with Gasteiger partial charge >= 0.3 is 5.97 Å². The van der Waals surface area contributed by atoms with Crippen LogP contribution in [0.15, 0.2) is 12.1 Å². The Morgan fingerprint density at radius 3 is 1.32 bits per heavy atom. The highest BCUT2D eigenvalue weighted by atomic mass is 127. The second-order valence-corrected chi connectivity index (χ2v) is 15.7. The van der Waals surface area contributed by atoms with Crippen molar-refractivity contribution in [2.24, 2.45) is 0 Å². The summed E-state index contributed by atoms with van der Waals surface area (Å²) in [5.41, 5.74) is 5.74. The first-order chi connectivity index (χ1) is 23.0. The van der Waals surface area contributed by atoms with Gasteiger partial charge in [0.1, 0.15) is 0 Å². The maximum atomic E-state index is 13.0. The van der Waals surface area contributed by atoms with E-state index in [-0.39, 0.29) is 0 Å². The Morgan fingerprint density at radius 1 is 0.511 bits per heavy atom. The number of carboxylic acid groups (broad SMARTS) is 1. The Kier molecular flexibility index (Phi) is 23.7. The number of carbonyl (C=O) groups is 1. The van der Waals surface area contributed by atoms with Crippen LogP contribution < -0.4 is 0 Å². The molecule has 0 fully saturated rings. The third-order valence-electron chi connectivity index (χ3n) is 10.3. The SMILES string of the molecule is CCCCCCCCc1ccc2c(C(=O)O)c(I=O)c(CCCCCCCC)c(CCCCCCCC)c2c1CCCCCCCC. The first kappa shape index (κ1) is 41.9. The Labute approximate surface area is 300 Å². The summed E-state index contributed by atoms with van der Waals surface area (Å²) in [5.74, 6) is -0.898. The molecule has 0 aromatic heterocycles. The van der Waals surface area contributed by atoms with Crippen molar-refractivity contribution in [1.29, 1.82) is 0 Å². The standard InChI is InChI=1S/C43H71IO3/c1-5-9-13-17-21-25-29-35-33-34-39-40(36(35)30-26-22-18-14-10-6-2)37(31-27-23-19-15-11-7-3)38(32-28-24-20-16-12-8-4)42(44-47)41(39)43(45)46/h33-34H,5-32H2,1-4H3,(H,45,46). The van der Waals surface area contributed by atoms with Gasteiger partial charge in [-0.3, -0.25) is 3.07 Å². The molecule has 1 N–H and O–H groups in total. The van der Waals surface area contributed by atoms with Crippen LogP contribution in [0, 0.1) is 3.57 Å². The number of rotatable bonds is 30. The molecule has 0 radical (unpaired) electrons. The molecular formula is C43H71IO3. The molecule has 0 atom stereocenters. The van der Waals surface area contributed by atoms with Crippen LogP contribution in [0.1, 0.15) is 214 Å². The van der Waals surface area contributed by atoms with Crippen molar-refractivity contribution >= 4 is 37.9 Å². The quantitative estimate of drug-likeness (QED) is 0.0637. The van der Waals surface area contributed by atoms with Crippen molar-refractivity contribution < 1.29 is 13.0 Å². The van der Waals surface area contributed by atoms with E-state index in [0.717, 1.165) is 62.3 Å². The van der Waals surface area contributed by atoms with Crippen LogP contribution in [-0.4, -0.2) is 11.1 Å². The molecule has 0 aliphatic carbocycles. The van der Waals surface area contributed by atoms with E-state index in [1.165, 1.54) is 150 Å². The lowest BCUT2D eigenvalue weighted by Crippen LogP contribution is -2.12. The number of carboxylic acids is 1. The van der Waals surface area contributed by atoms with Gasteiger partial charge in [0.15, 0.2) is 21.2 Å². The summed E-state index contributed by atoms with van der Waals surface area (Å²) in [4.78, 5) is 13.0. The fourth-order valence-corrected chi connectivity index (χ4v) is 9.09. The Morgan fingerprint density at radius 2 is 0.894 bits per heavy atom. The lowest BCUT2D eigenvalue weighted by atomic mass is 9.83.